The minimum absolute atomic E-state index is 0. The Morgan fingerprint density at radius 1 is 1.14 bits per heavy atom. The molecule has 7 heavy (non-hydrogen) atoms. The molecule has 0 amide bonds. The molecule has 0 aromatic heterocycles. The Bertz CT molecular complexity index is 57.8. The minimum Gasteiger partial charge on any atom is -0.822 e. The molecule has 0 bridgehead atoms. The van der Waals surface area contributed by atoms with Crippen LogP contribution in [0.2, 0.25) is 0 Å². The normalized spacial score (nSPS) is 8.43. The summed E-state index contributed by atoms with van der Waals surface area (Å²) in [5.74, 6) is 0. The topological polar surface area (TPSA) is 86.2 Å². The monoisotopic (exact) mass is 150 g/mol. The predicted octanol–water partition coefficient (Wildman–Crippen LogP) is -5.82. The maximum absolute atomic E-state index is 8.55. The van der Waals surface area contributed by atoms with E-state index in [1.165, 1.54) is 0 Å². The first kappa shape index (κ1) is 15.8. The molecule has 0 aromatic carbocycles. The van der Waals surface area contributed by atoms with Gasteiger partial charge in [-0.2, -0.15) is 7.82 Å². The van der Waals surface area contributed by atoms with E-state index in [1.54, 1.807) is 0 Å². The van der Waals surface area contributed by atoms with E-state index in [4.69, 9.17) is 19.2 Å². The third-order valence-electron chi connectivity index (χ3n) is 0. The van der Waals surface area contributed by atoms with Gasteiger partial charge in [-0.25, -0.2) is 0 Å². The Balaban J connectivity index is -0.0000000800. The summed E-state index contributed by atoms with van der Waals surface area (Å²) in [5.41, 5.74) is 0. The average molecular weight is 150 g/mol. The van der Waals surface area contributed by atoms with Crippen LogP contribution < -0.4 is 33.5 Å². The van der Waals surface area contributed by atoms with Gasteiger partial charge >= 0.3 is 40.6 Å². The van der Waals surface area contributed by atoms with Crippen molar-refractivity contribution in [1.82, 2.24) is 0 Å². The standard InChI is InChI=1S/Li.H3O4P.Ti/c;1-5(2,3)4;/h;(H3,1,2,3,4);/q+1;;+4/p-3. The molecule has 0 aromatic rings. The average Bonchev–Trinajstić information content (AvgIpc) is 0.722. The van der Waals surface area contributed by atoms with Crippen LogP contribution in [0.1, 0.15) is 0 Å². The molecule has 0 aliphatic heterocycles. The maximum atomic E-state index is 8.55. The molecule has 0 heterocycles. The molecule has 0 saturated carbocycles. The van der Waals surface area contributed by atoms with Gasteiger partial charge in [0.25, 0.3) is 0 Å². The smallest absolute Gasteiger partial charge is 0.822 e. The molecule has 32 valence electrons. The molecular formula is LiO4PTi+2. The van der Waals surface area contributed by atoms with Crippen LogP contribution in [0.5, 0.6) is 0 Å². The van der Waals surface area contributed by atoms with E-state index >= 15 is 0 Å². The number of rotatable bonds is 0. The Kier molecular flexibility index (Phi) is 12.5. The van der Waals surface area contributed by atoms with Gasteiger partial charge < -0.3 is 19.2 Å². The number of hydrogen-bond acceptors (Lipinski definition) is 4. The van der Waals surface area contributed by atoms with E-state index < -0.39 is 7.82 Å². The largest absolute Gasteiger partial charge is 4.00 e. The summed E-state index contributed by atoms with van der Waals surface area (Å²) in [4.78, 5) is 25.6. The molecule has 0 atom stereocenters. The second-order valence-electron chi connectivity index (χ2n) is 0.447. The van der Waals surface area contributed by atoms with Crippen LogP contribution in [0.15, 0.2) is 0 Å². The van der Waals surface area contributed by atoms with Crippen LogP contribution in [-0.2, 0) is 26.3 Å². The summed E-state index contributed by atoms with van der Waals surface area (Å²) >= 11 is 0. The van der Waals surface area contributed by atoms with Crippen molar-refractivity contribution in [3.05, 3.63) is 0 Å². The number of phosphoric acid groups is 1. The first-order chi connectivity index (χ1) is 2.00. The van der Waals surface area contributed by atoms with Crippen LogP contribution in [-0.4, -0.2) is 0 Å². The van der Waals surface area contributed by atoms with E-state index in [1.807, 2.05) is 0 Å². The van der Waals surface area contributed by atoms with Gasteiger partial charge in [-0.15, -0.1) is 0 Å². The van der Waals surface area contributed by atoms with Crippen molar-refractivity contribution in [2.24, 2.45) is 0 Å². The van der Waals surface area contributed by atoms with Crippen molar-refractivity contribution in [3.63, 3.8) is 0 Å². The maximum Gasteiger partial charge on any atom is 4.00 e. The molecule has 0 saturated heterocycles. The Hall–Kier alpha value is 1.42. The van der Waals surface area contributed by atoms with Crippen LogP contribution >= 0.6 is 7.82 Å². The Labute approximate surface area is 67.6 Å². The fourth-order valence-corrected chi connectivity index (χ4v) is 0. The molecule has 0 radical (unpaired) electrons. The van der Waals surface area contributed by atoms with E-state index in [2.05, 4.69) is 0 Å². The third kappa shape index (κ3) is 108. The zero-order chi connectivity index (χ0) is 4.50. The summed E-state index contributed by atoms with van der Waals surface area (Å²) in [5, 5.41) is 0. The van der Waals surface area contributed by atoms with Gasteiger partial charge in [-0.05, 0) is 0 Å². The van der Waals surface area contributed by atoms with E-state index in [9.17, 15) is 0 Å². The second-order valence-corrected chi connectivity index (χ2v) is 1.34. The first-order valence-electron chi connectivity index (χ1n) is 0.730. The van der Waals surface area contributed by atoms with Gasteiger partial charge in [0.05, 0.1) is 0 Å². The van der Waals surface area contributed by atoms with Crippen molar-refractivity contribution in [2.45, 2.75) is 0 Å². The zero-order valence-corrected chi connectivity index (χ0v) is 6.04. The minimum atomic E-state index is -5.39. The summed E-state index contributed by atoms with van der Waals surface area (Å²) in [7, 11) is -5.39. The zero-order valence-electron chi connectivity index (χ0n) is 3.58. The van der Waals surface area contributed by atoms with E-state index in [-0.39, 0.29) is 40.6 Å². The van der Waals surface area contributed by atoms with Gasteiger partial charge in [0.2, 0.25) is 0 Å². The molecule has 0 fully saturated rings. The second kappa shape index (κ2) is 5.56. The molecule has 0 N–H and O–H groups in total. The van der Waals surface area contributed by atoms with Gasteiger partial charge in [-0.1, -0.05) is 0 Å². The molecule has 0 aliphatic carbocycles. The summed E-state index contributed by atoms with van der Waals surface area (Å²) in [6.45, 7) is 0. The summed E-state index contributed by atoms with van der Waals surface area (Å²) in [6, 6.07) is 0. The van der Waals surface area contributed by atoms with Gasteiger partial charge in [-0.3, -0.25) is 0 Å². The van der Waals surface area contributed by atoms with Crippen LogP contribution in [0.25, 0.3) is 0 Å². The fraction of sp³-hybridized carbons (Fsp3) is 0. The Morgan fingerprint density at radius 2 is 1.14 bits per heavy atom. The molecule has 0 rings (SSSR count). The Morgan fingerprint density at radius 3 is 1.14 bits per heavy atom. The molecule has 7 heteroatoms. The van der Waals surface area contributed by atoms with E-state index in [0.29, 0.717) is 0 Å². The van der Waals surface area contributed by atoms with Crippen molar-refractivity contribution in [1.29, 1.82) is 0 Å². The SMILES string of the molecule is O=P([O-])([O-])[O-].[Li+].[Ti+4]. The molecule has 0 aliphatic rings. The van der Waals surface area contributed by atoms with Gasteiger partial charge in [0, 0.05) is 0 Å². The first-order valence-corrected chi connectivity index (χ1v) is 2.19. The third-order valence-corrected chi connectivity index (χ3v) is 0. The van der Waals surface area contributed by atoms with Crippen molar-refractivity contribution in [3.8, 4) is 0 Å². The van der Waals surface area contributed by atoms with Crippen LogP contribution in [0.4, 0.5) is 0 Å². The molecule has 0 spiro atoms. The fourth-order valence-electron chi connectivity index (χ4n) is 0. The number of hydrogen-bond donors (Lipinski definition) is 0. The van der Waals surface area contributed by atoms with Crippen LogP contribution in [0.3, 0.4) is 0 Å². The van der Waals surface area contributed by atoms with Crippen LogP contribution in [0, 0.1) is 0 Å². The summed E-state index contributed by atoms with van der Waals surface area (Å²) < 4.78 is 8.55. The molecule has 4 nitrogen and oxygen atoms in total. The van der Waals surface area contributed by atoms with Crippen molar-refractivity contribution >= 4 is 7.82 Å². The predicted molar refractivity (Wildman–Crippen MR) is 7.61 cm³/mol. The molecular weight excluding hydrogens is 150 g/mol. The van der Waals surface area contributed by atoms with Gasteiger partial charge in [0.1, 0.15) is 0 Å². The van der Waals surface area contributed by atoms with Gasteiger partial charge in [0.15, 0.2) is 0 Å². The van der Waals surface area contributed by atoms with Crippen molar-refractivity contribution in [2.75, 3.05) is 0 Å². The molecule has 0 unspecified atom stereocenters. The van der Waals surface area contributed by atoms with Crippen molar-refractivity contribution < 1.29 is 59.8 Å². The quantitative estimate of drug-likeness (QED) is 0.254. The van der Waals surface area contributed by atoms with E-state index in [0.717, 1.165) is 0 Å². The summed E-state index contributed by atoms with van der Waals surface area (Å²) in [6.07, 6.45) is 0.